The van der Waals surface area contributed by atoms with E-state index in [0.717, 1.165) is 0 Å². The van der Waals surface area contributed by atoms with Crippen molar-refractivity contribution in [3.63, 3.8) is 0 Å². The van der Waals surface area contributed by atoms with Gasteiger partial charge in [0.2, 0.25) is 5.95 Å². The predicted molar refractivity (Wildman–Crippen MR) is 75.6 cm³/mol. The Morgan fingerprint density at radius 3 is 1.68 bits per heavy atom. The van der Waals surface area contributed by atoms with Gasteiger partial charge in [0.1, 0.15) is 0 Å². The van der Waals surface area contributed by atoms with Crippen LogP contribution in [0.15, 0.2) is 60.7 Å². The van der Waals surface area contributed by atoms with Crippen molar-refractivity contribution in [3.8, 4) is 11.1 Å². The second kappa shape index (κ2) is 6.90. The number of hydrogen-bond acceptors (Lipinski definition) is 4. The van der Waals surface area contributed by atoms with Gasteiger partial charge in [-0.1, -0.05) is 65.8 Å². The fourth-order valence-corrected chi connectivity index (χ4v) is 1.53. The molecule has 0 aliphatic heterocycles. The summed E-state index contributed by atoms with van der Waals surface area (Å²) in [7, 11) is 1.74. The Morgan fingerprint density at radius 2 is 1.37 bits per heavy atom. The highest BCUT2D eigenvalue weighted by Crippen LogP contribution is 2.17. The Bertz CT molecular complexity index is 526. The van der Waals surface area contributed by atoms with E-state index >= 15 is 0 Å². The Hall–Kier alpha value is -2.69. The van der Waals surface area contributed by atoms with Crippen molar-refractivity contribution >= 4 is 5.95 Å². The minimum absolute atomic E-state index is 0.583. The minimum atomic E-state index is 0.583. The number of anilines is 1. The summed E-state index contributed by atoms with van der Waals surface area (Å²) in [6.45, 7) is 0. The molecular formula is C14H15N5. The first kappa shape index (κ1) is 12.8. The SMILES string of the molecule is CNc1nnn[nH]1.c1ccc(-c2ccccc2)cc1. The van der Waals surface area contributed by atoms with E-state index in [-0.39, 0.29) is 0 Å². The summed E-state index contributed by atoms with van der Waals surface area (Å²) in [4.78, 5) is 0. The van der Waals surface area contributed by atoms with Crippen LogP contribution in [0, 0.1) is 0 Å². The van der Waals surface area contributed by atoms with Crippen LogP contribution in [-0.4, -0.2) is 27.7 Å². The first-order valence-electron chi connectivity index (χ1n) is 5.92. The van der Waals surface area contributed by atoms with Crippen molar-refractivity contribution in [2.24, 2.45) is 0 Å². The normalized spacial score (nSPS) is 9.32. The number of tetrazole rings is 1. The number of nitrogens with zero attached hydrogens (tertiary/aromatic N) is 3. The van der Waals surface area contributed by atoms with E-state index in [4.69, 9.17) is 0 Å². The van der Waals surface area contributed by atoms with Crippen LogP contribution in [0.3, 0.4) is 0 Å². The van der Waals surface area contributed by atoms with E-state index in [9.17, 15) is 0 Å². The molecule has 0 aliphatic carbocycles. The molecule has 19 heavy (non-hydrogen) atoms. The lowest BCUT2D eigenvalue weighted by Gasteiger charge is -1.98. The molecule has 0 atom stereocenters. The van der Waals surface area contributed by atoms with Gasteiger partial charge in [-0.05, 0) is 21.6 Å². The Labute approximate surface area is 111 Å². The topological polar surface area (TPSA) is 66.5 Å². The van der Waals surface area contributed by atoms with Crippen molar-refractivity contribution < 1.29 is 0 Å². The van der Waals surface area contributed by atoms with Gasteiger partial charge in [0.25, 0.3) is 0 Å². The second-order valence-electron chi connectivity index (χ2n) is 3.73. The summed E-state index contributed by atoms with van der Waals surface area (Å²) < 4.78 is 0. The molecule has 5 nitrogen and oxygen atoms in total. The van der Waals surface area contributed by atoms with Gasteiger partial charge in [-0.15, -0.1) is 0 Å². The molecule has 2 aromatic carbocycles. The van der Waals surface area contributed by atoms with Crippen molar-refractivity contribution in [1.82, 2.24) is 20.6 Å². The molecule has 0 amide bonds. The van der Waals surface area contributed by atoms with Crippen molar-refractivity contribution in [2.45, 2.75) is 0 Å². The maximum Gasteiger partial charge on any atom is 0.240 e. The first-order chi connectivity index (χ1) is 9.40. The van der Waals surface area contributed by atoms with E-state index in [1.165, 1.54) is 11.1 Å². The first-order valence-corrected chi connectivity index (χ1v) is 5.92. The summed E-state index contributed by atoms with van der Waals surface area (Å²) >= 11 is 0. The highest BCUT2D eigenvalue weighted by molar-refractivity contribution is 5.62. The van der Waals surface area contributed by atoms with Crippen LogP contribution in [0.5, 0.6) is 0 Å². The lowest BCUT2D eigenvalue weighted by Crippen LogP contribution is -1.88. The van der Waals surface area contributed by atoms with Crippen molar-refractivity contribution in [3.05, 3.63) is 60.7 Å². The maximum atomic E-state index is 3.51. The number of hydrogen-bond donors (Lipinski definition) is 2. The van der Waals surface area contributed by atoms with Crippen LogP contribution >= 0.6 is 0 Å². The molecule has 0 spiro atoms. The third kappa shape index (κ3) is 3.92. The van der Waals surface area contributed by atoms with E-state index in [0.29, 0.717) is 5.95 Å². The molecule has 1 heterocycles. The van der Waals surface area contributed by atoms with Crippen LogP contribution < -0.4 is 5.32 Å². The van der Waals surface area contributed by atoms with Crippen LogP contribution in [0.25, 0.3) is 11.1 Å². The number of aromatic nitrogens is 4. The quantitative estimate of drug-likeness (QED) is 0.736. The Balaban J connectivity index is 0.000000163. The number of H-pyrrole nitrogens is 1. The summed E-state index contributed by atoms with van der Waals surface area (Å²) in [6.07, 6.45) is 0. The molecule has 0 radical (unpaired) electrons. The molecule has 1 aromatic heterocycles. The highest BCUT2D eigenvalue weighted by Gasteiger charge is 1.91. The lowest BCUT2D eigenvalue weighted by atomic mass is 10.1. The predicted octanol–water partition coefficient (Wildman–Crippen LogP) is 2.59. The number of aromatic amines is 1. The van der Waals surface area contributed by atoms with Crippen molar-refractivity contribution in [1.29, 1.82) is 0 Å². The van der Waals surface area contributed by atoms with Gasteiger partial charge in [0.05, 0.1) is 0 Å². The number of benzene rings is 2. The molecule has 5 heteroatoms. The fraction of sp³-hybridized carbons (Fsp3) is 0.0714. The zero-order chi connectivity index (χ0) is 13.3. The van der Waals surface area contributed by atoms with Gasteiger partial charge in [-0.3, -0.25) is 0 Å². The molecule has 0 bridgehead atoms. The van der Waals surface area contributed by atoms with Gasteiger partial charge < -0.3 is 5.32 Å². The van der Waals surface area contributed by atoms with E-state index in [1.807, 2.05) is 12.1 Å². The van der Waals surface area contributed by atoms with E-state index in [2.05, 4.69) is 74.5 Å². The summed E-state index contributed by atoms with van der Waals surface area (Å²) in [6, 6.07) is 20.8. The van der Waals surface area contributed by atoms with Gasteiger partial charge in [-0.25, -0.2) is 5.10 Å². The maximum absolute atomic E-state index is 3.51. The molecule has 0 saturated carbocycles. The molecule has 0 aliphatic rings. The van der Waals surface area contributed by atoms with Crippen LogP contribution in [0.2, 0.25) is 0 Å². The standard InChI is InChI=1S/C12H10.C2H5N5/c1-3-7-11(8-4-1)12-9-5-2-6-10-12;1-3-2-4-6-7-5-2/h1-10H;1H3,(H2,3,4,5,6,7). The van der Waals surface area contributed by atoms with Gasteiger partial charge >= 0.3 is 0 Å². The fourth-order valence-electron chi connectivity index (χ4n) is 1.53. The van der Waals surface area contributed by atoms with Crippen molar-refractivity contribution in [2.75, 3.05) is 12.4 Å². The lowest BCUT2D eigenvalue weighted by molar-refractivity contribution is 0.881. The molecular weight excluding hydrogens is 238 g/mol. The largest absolute Gasteiger partial charge is 0.356 e. The van der Waals surface area contributed by atoms with Gasteiger partial charge in [0.15, 0.2) is 0 Å². The summed E-state index contributed by atoms with van der Waals surface area (Å²) in [5.41, 5.74) is 2.55. The molecule has 0 saturated heterocycles. The van der Waals surface area contributed by atoms with Crippen LogP contribution in [-0.2, 0) is 0 Å². The zero-order valence-corrected chi connectivity index (χ0v) is 10.6. The average Bonchev–Trinajstić information content (AvgIpc) is 3.03. The average molecular weight is 253 g/mol. The molecule has 3 aromatic rings. The molecule has 96 valence electrons. The van der Waals surface area contributed by atoms with E-state index < -0.39 is 0 Å². The molecule has 0 unspecified atom stereocenters. The molecule has 2 N–H and O–H groups in total. The number of nitrogens with one attached hydrogen (secondary N) is 2. The highest BCUT2D eigenvalue weighted by atomic mass is 15.5. The third-order valence-electron chi connectivity index (χ3n) is 2.46. The molecule has 0 fully saturated rings. The summed E-state index contributed by atoms with van der Waals surface area (Å²) in [5, 5.41) is 15.3. The monoisotopic (exact) mass is 253 g/mol. The number of rotatable bonds is 2. The summed E-state index contributed by atoms with van der Waals surface area (Å²) in [5.74, 6) is 0.583. The third-order valence-corrected chi connectivity index (χ3v) is 2.46. The van der Waals surface area contributed by atoms with Gasteiger partial charge in [-0.2, -0.15) is 0 Å². The van der Waals surface area contributed by atoms with Gasteiger partial charge in [0, 0.05) is 7.05 Å². The van der Waals surface area contributed by atoms with E-state index in [1.54, 1.807) is 7.05 Å². The van der Waals surface area contributed by atoms with Crippen LogP contribution in [0.1, 0.15) is 0 Å². The minimum Gasteiger partial charge on any atom is -0.356 e. The Morgan fingerprint density at radius 1 is 0.842 bits per heavy atom. The molecule has 3 rings (SSSR count). The zero-order valence-electron chi connectivity index (χ0n) is 10.6. The second-order valence-corrected chi connectivity index (χ2v) is 3.73. The Kier molecular flexibility index (Phi) is 4.64. The smallest absolute Gasteiger partial charge is 0.240 e. The van der Waals surface area contributed by atoms with Crippen LogP contribution in [0.4, 0.5) is 5.95 Å².